The highest BCUT2D eigenvalue weighted by molar-refractivity contribution is 6.39. The van der Waals surface area contributed by atoms with Gasteiger partial charge < -0.3 is 10.6 Å². The summed E-state index contributed by atoms with van der Waals surface area (Å²) in [4.78, 5) is 27.6. The predicted molar refractivity (Wildman–Crippen MR) is 93.1 cm³/mol. The van der Waals surface area contributed by atoms with Gasteiger partial charge in [-0.15, -0.1) is 0 Å². The van der Waals surface area contributed by atoms with E-state index in [0.29, 0.717) is 5.69 Å². The SMILES string of the molecule is O=C(NCCc1c(F)cccc1F)C(=O)Nc1ccc(-n2cncn2)cc1. The second kappa shape index (κ2) is 8.17. The number of amides is 2. The first kappa shape index (κ1) is 18.2. The Balaban J connectivity index is 1.51. The Hall–Kier alpha value is -3.62. The molecule has 0 spiro atoms. The zero-order chi connectivity index (χ0) is 19.2. The Morgan fingerprint density at radius 1 is 1.00 bits per heavy atom. The maximum atomic E-state index is 13.5. The van der Waals surface area contributed by atoms with Crippen molar-refractivity contribution in [3.63, 3.8) is 0 Å². The number of nitrogens with one attached hydrogen (secondary N) is 2. The number of anilines is 1. The van der Waals surface area contributed by atoms with Gasteiger partial charge in [-0.2, -0.15) is 5.10 Å². The molecule has 0 aliphatic heterocycles. The van der Waals surface area contributed by atoms with E-state index in [1.165, 1.54) is 18.7 Å². The van der Waals surface area contributed by atoms with Gasteiger partial charge in [-0.1, -0.05) is 6.07 Å². The van der Waals surface area contributed by atoms with E-state index in [4.69, 9.17) is 0 Å². The van der Waals surface area contributed by atoms with Crippen LogP contribution in [0.1, 0.15) is 5.56 Å². The van der Waals surface area contributed by atoms with E-state index in [2.05, 4.69) is 20.7 Å². The highest BCUT2D eigenvalue weighted by Crippen LogP contribution is 2.13. The van der Waals surface area contributed by atoms with Crippen LogP contribution < -0.4 is 10.6 Å². The van der Waals surface area contributed by atoms with Gasteiger partial charge in [0.1, 0.15) is 24.3 Å². The van der Waals surface area contributed by atoms with Crippen LogP contribution in [0.5, 0.6) is 0 Å². The van der Waals surface area contributed by atoms with Gasteiger partial charge in [-0.3, -0.25) is 9.59 Å². The molecule has 0 radical (unpaired) electrons. The number of nitrogens with zero attached hydrogens (tertiary/aromatic N) is 3. The Labute approximate surface area is 153 Å². The fraction of sp³-hybridized carbons (Fsp3) is 0.111. The van der Waals surface area contributed by atoms with Gasteiger partial charge in [-0.05, 0) is 42.8 Å². The van der Waals surface area contributed by atoms with Crippen LogP contribution in [-0.4, -0.2) is 33.1 Å². The highest BCUT2D eigenvalue weighted by Gasteiger charge is 2.14. The molecule has 0 atom stereocenters. The number of carbonyl (C=O) groups is 2. The molecule has 0 unspecified atom stereocenters. The van der Waals surface area contributed by atoms with Crippen LogP contribution in [-0.2, 0) is 16.0 Å². The van der Waals surface area contributed by atoms with Crippen molar-refractivity contribution in [2.75, 3.05) is 11.9 Å². The minimum absolute atomic E-state index is 0.0653. The van der Waals surface area contributed by atoms with Gasteiger partial charge in [0.15, 0.2) is 0 Å². The van der Waals surface area contributed by atoms with Gasteiger partial charge in [0.25, 0.3) is 0 Å². The third-order valence-corrected chi connectivity index (χ3v) is 3.74. The minimum Gasteiger partial charge on any atom is -0.347 e. The first-order valence-electron chi connectivity index (χ1n) is 8.02. The molecule has 0 saturated heterocycles. The number of halogens is 2. The van der Waals surface area contributed by atoms with E-state index in [0.717, 1.165) is 17.8 Å². The average Bonchev–Trinajstić information content (AvgIpc) is 3.19. The van der Waals surface area contributed by atoms with Crippen molar-refractivity contribution in [1.82, 2.24) is 20.1 Å². The van der Waals surface area contributed by atoms with Crippen molar-refractivity contribution in [2.45, 2.75) is 6.42 Å². The van der Waals surface area contributed by atoms with Crippen molar-refractivity contribution < 1.29 is 18.4 Å². The van der Waals surface area contributed by atoms with E-state index < -0.39 is 23.4 Å². The minimum atomic E-state index is -0.896. The largest absolute Gasteiger partial charge is 0.347 e. The molecule has 0 fully saturated rings. The third kappa shape index (κ3) is 4.51. The third-order valence-electron chi connectivity index (χ3n) is 3.74. The molecule has 2 amide bonds. The average molecular weight is 371 g/mol. The maximum Gasteiger partial charge on any atom is 0.313 e. The van der Waals surface area contributed by atoms with Crippen molar-refractivity contribution in [1.29, 1.82) is 0 Å². The van der Waals surface area contributed by atoms with Gasteiger partial charge in [-0.25, -0.2) is 18.4 Å². The fourth-order valence-corrected chi connectivity index (χ4v) is 2.38. The quantitative estimate of drug-likeness (QED) is 0.670. The number of rotatable bonds is 5. The summed E-state index contributed by atoms with van der Waals surface area (Å²) in [5, 5.41) is 8.75. The number of aromatic nitrogens is 3. The molecule has 0 saturated carbocycles. The lowest BCUT2D eigenvalue weighted by atomic mass is 10.1. The van der Waals surface area contributed by atoms with Crippen LogP contribution in [0.4, 0.5) is 14.5 Å². The summed E-state index contributed by atoms with van der Waals surface area (Å²) in [5.74, 6) is -3.16. The molecule has 0 bridgehead atoms. The Morgan fingerprint density at radius 3 is 2.33 bits per heavy atom. The van der Waals surface area contributed by atoms with E-state index in [1.807, 2.05) is 0 Å². The molecule has 3 aromatic rings. The second-order valence-corrected chi connectivity index (χ2v) is 5.55. The molecule has 2 aromatic carbocycles. The molecule has 138 valence electrons. The predicted octanol–water partition coefficient (Wildman–Crippen LogP) is 1.84. The Kier molecular flexibility index (Phi) is 5.50. The van der Waals surface area contributed by atoms with Gasteiger partial charge in [0, 0.05) is 17.8 Å². The Bertz CT molecular complexity index is 923. The van der Waals surface area contributed by atoms with Crippen LogP contribution >= 0.6 is 0 Å². The standard InChI is InChI=1S/C18H15F2N5O2/c19-15-2-1-3-16(20)14(15)8-9-22-17(26)18(27)24-12-4-6-13(7-5-12)25-11-21-10-23-25/h1-7,10-11H,8-9H2,(H,22,26)(H,24,27). The lowest BCUT2D eigenvalue weighted by Crippen LogP contribution is -2.36. The first-order valence-corrected chi connectivity index (χ1v) is 8.02. The van der Waals surface area contributed by atoms with Crippen LogP contribution in [0.2, 0.25) is 0 Å². The zero-order valence-electron chi connectivity index (χ0n) is 14.0. The smallest absolute Gasteiger partial charge is 0.313 e. The normalized spacial score (nSPS) is 10.4. The highest BCUT2D eigenvalue weighted by atomic mass is 19.1. The molecule has 27 heavy (non-hydrogen) atoms. The number of hydrogen-bond donors (Lipinski definition) is 2. The van der Waals surface area contributed by atoms with Crippen LogP contribution in [0.15, 0.2) is 55.1 Å². The molecular weight excluding hydrogens is 356 g/mol. The molecule has 0 aliphatic rings. The van der Waals surface area contributed by atoms with Crippen molar-refractivity contribution in [3.05, 3.63) is 72.3 Å². The summed E-state index contributed by atoms with van der Waals surface area (Å²) in [5.41, 5.74) is 1.02. The maximum absolute atomic E-state index is 13.5. The van der Waals surface area contributed by atoms with Crippen LogP contribution in [0.25, 0.3) is 5.69 Å². The Morgan fingerprint density at radius 2 is 1.70 bits per heavy atom. The zero-order valence-corrected chi connectivity index (χ0v) is 14.0. The van der Waals surface area contributed by atoms with E-state index in [1.54, 1.807) is 28.9 Å². The summed E-state index contributed by atoms with van der Waals surface area (Å²) in [6.45, 7) is -0.0741. The lowest BCUT2D eigenvalue weighted by Gasteiger charge is -2.08. The van der Waals surface area contributed by atoms with Gasteiger partial charge in [0.2, 0.25) is 0 Å². The fourth-order valence-electron chi connectivity index (χ4n) is 2.38. The van der Waals surface area contributed by atoms with Crippen molar-refractivity contribution >= 4 is 17.5 Å². The van der Waals surface area contributed by atoms with Gasteiger partial charge in [0.05, 0.1) is 5.69 Å². The lowest BCUT2D eigenvalue weighted by molar-refractivity contribution is -0.136. The summed E-state index contributed by atoms with van der Waals surface area (Å²) in [7, 11) is 0. The van der Waals surface area contributed by atoms with E-state index in [9.17, 15) is 18.4 Å². The summed E-state index contributed by atoms with van der Waals surface area (Å²) in [6.07, 6.45) is 2.86. The summed E-state index contributed by atoms with van der Waals surface area (Å²) >= 11 is 0. The molecule has 9 heteroatoms. The molecule has 3 rings (SSSR count). The first-order chi connectivity index (χ1) is 13.0. The second-order valence-electron chi connectivity index (χ2n) is 5.55. The van der Waals surface area contributed by atoms with E-state index in [-0.39, 0.29) is 18.5 Å². The molecule has 1 heterocycles. The monoisotopic (exact) mass is 371 g/mol. The van der Waals surface area contributed by atoms with Crippen molar-refractivity contribution in [2.24, 2.45) is 0 Å². The summed E-state index contributed by atoms with van der Waals surface area (Å²) in [6, 6.07) is 10.1. The van der Waals surface area contributed by atoms with E-state index >= 15 is 0 Å². The molecular formula is C18H15F2N5O2. The topological polar surface area (TPSA) is 88.9 Å². The van der Waals surface area contributed by atoms with Gasteiger partial charge >= 0.3 is 11.8 Å². The van der Waals surface area contributed by atoms with Crippen molar-refractivity contribution in [3.8, 4) is 5.69 Å². The number of carbonyl (C=O) groups excluding carboxylic acids is 2. The molecule has 7 nitrogen and oxygen atoms in total. The summed E-state index contributed by atoms with van der Waals surface area (Å²) < 4.78 is 28.6. The molecule has 0 aliphatic carbocycles. The number of benzene rings is 2. The number of hydrogen-bond acceptors (Lipinski definition) is 4. The molecule has 1 aromatic heterocycles. The molecule has 2 N–H and O–H groups in total. The van der Waals surface area contributed by atoms with Crippen LogP contribution in [0, 0.1) is 11.6 Å². The van der Waals surface area contributed by atoms with Crippen LogP contribution in [0.3, 0.4) is 0 Å².